The van der Waals surface area contributed by atoms with Crippen LogP contribution in [0, 0.1) is 6.92 Å². The molecule has 0 radical (unpaired) electrons. The molecule has 7 heteroatoms. The molecule has 3 rings (SSSR count). The maximum Gasteiger partial charge on any atom is 0.240 e. The van der Waals surface area contributed by atoms with Crippen LogP contribution in [0.15, 0.2) is 28.6 Å². The number of amides is 2. The van der Waals surface area contributed by atoms with Crippen molar-refractivity contribution in [3.8, 4) is 0 Å². The van der Waals surface area contributed by atoms with Gasteiger partial charge in [0.1, 0.15) is 0 Å². The van der Waals surface area contributed by atoms with Crippen molar-refractivity contribution in [1.29, 1.82) is 0 Å². The molecule has 2 amide bonds. The number of nitrogens with zero attached hydrogens (tertiary/aromatic N) is 2. The zero-order chi connectivity index (χ0) is 18.1. The second-order valence-electron chi connectivity index (χ2n) is 6.28. The Hall–Kier alpha value is -1.86. The van der Waals surface area contributed by atoms with Gasteiger partial charge in [0.25, 0.3) is 0 Å². The van der Waals surface area contributed by atoms with Crippen LogP contribution >= 0.6 is 23.1 Å². The Morgan fingerprint density at radius 3 is 2.88 bits per heavy atom. The lowest BCUT2D eigenvalue weighted by Crippen LogP contribution is -2.40. The first-order valence-corrected chi connectivity index (χ1v) is 9.88. The van der Waals surface area contributed by atoms with Crippen molar-refractivity contribution >= 4 is 40.6 Å². The number of fused-ring (bicyclic) bond motifs is 1. The van der Waals surface area contributed by atoms with E-state index in [9.17, 15) is 9.59 Å². The van der Waals surface area contributed by atoms with Crippen molar-refractivity contribution in [2.45, 2.75) is 49.2 Å². The normalized spacial score (nSPS) is 17.4. The highest BCUT2D eigenvalue weighted by Gasteiger charge is 2.33. The summed E-state index contributed by atoms with van der Waals surface area (Å²) in [5.41, 5.74) is 8.31. The minimum atomic E-state index is -0.366. The number of carbonyl (C=O) groups is 2. The first kappa shape index (κ1) is 17.9. The number of nitrogens with two attached hydrogens (primary N) is 1. The molecule has 5 nitrogen and oxygen atoms in total. The number of para-hydroxylation sites is 1. The number of thioether (sulfide) groups is 1. The van der Waals surface area contributed by atoms with E-state index in [0.717, 1.165) is 27.0 Å². The molecule has 25 heavy (non-hydrogen) atoms. The first-order valence-electron chi connectivity index (χ1n) is 8.19. The van der Waals surface area contributed by atoms with Crippen LogP contribution in [-0.2, 0) is 22.4 Å². The second kappa shape index (κ2) is 7.17. The van der Waals surface area contributed by atoms with Crippen LogP contribution in [0.3, 0.4) is 0 Å². The molecule has 0 spiro atoms. The molecule has 1 aliphatic rings. The van der Waals surface area contributed by atoms with E-state index in [1.165, 1.54) is 28.7 Å². The SMILES string of the molecule is Cc1nc(S[C@@H](C)C(=O)N2c3ccccc3C[C@@H]2C)sc1CC(N)=O. The van der Waals surface area contributed by atoms with Gasteiger partial charge in [0.15, 0.2) is 4.34 Å². The van der Waals surface area contributed by atoms with Gasteiger partial charge in [-0.15, -0.1) is 11.3 Å². The van der Waals surface area contributed by atoms with Crippen LogP contribution in [0.2, 0.25) is 0 Å². The minimum Gasteiger partial charge on any atom is -0.369 e. The maximum atomic E-state index is 13.0. The smallest absolute Gasteiger partial charge is 0.240 e. The van der Waals surface area contributed by atoms with Gasteiger partial charge in [-0.2, -0.15) is 0 Å². The molecule has 0 aliphatic carbocycles. The van der Waals surface area contributed by atoms with Gasteiger partial charge in [-0.05, 0) is 38.8 Å². The van der Waals surface area contributed by atoms with Crippen molar-refractivity contribution in [3.05, 3.63) is 40.4 Å². The summed E-state index contributed by atoms with van der Waals surface area (Å²) < 4.78 is 0.801. The van der Waals surface area contributed by atoms with E-state index in [2.05, 4.69) is 18.0 Å². The summed E-state index contributed by atoms with van der Waals surface area (Å²) in [5.74, 6) is -0.276. The Labute approximate surface area is 155 Å². The summed E-state index contributed by atoms with van der Waals surface area (Å²) in [4.78, 5) is 31.4. The number of hydrogen-bond acceptors (Lipinski definition) is 5. The number of aromatic nitrogens is 1. The molecule has 132 valence electrons. The second-order valence-corrected chi connectivity index (χ2v) is 8.95. The first-order chi connectivity index (χ1) is 11.9. The van der Waals surface area contributed by atoms with E-state index in [1.54, 1.807) is 0 Å². The fourth-order valence-electron chi connectivity index (χ4n) is 3.07. The Morgan fingerprint density at radius 1 is 1.44 bits per heavy atom. The third-order valence-electron chi connectivity index (χ3n) is 4.28. The van der Waals surface area contributed by atoms with E-state index in [0.29, 0.717) is 0 Å². The number of carbonyl (C=O) groups excluding carboxylic acids is 2. The van der Waals surface area contributed by atoms with E-state index in [-0.39, 0.29) is 29.5 Å². The van der Waals surface area contributed by atoms with Crippen molar-refractivity contribution < 1.29 is 9.59 Å². The predicted molar refractivity (Wildman–Crippen MR) is 102 cm³/mol. The summed E-state index contributed by atoms with van der Waals surface area (Å²) in [6, 6.07) is 8.23. The van der Waals surface area contributed by atoms with Gasteiger partial charge >= 0.3 is 0 Å². The molecule has 0 bridgehead atoms. The molecule has 1 aromatic carbocycles. The number of primary amides is 1. The molecule has 2 N–H and O–H groups in total. The van der Waals surface area contributed by atoms with Crippen LogP contribution in [0.1, 0.15) is 30.0 Å². The molecule has 2 aromatic rings. The highest BCUT2D eigenvalue weighted by atomic mass is 32.2. The monoisotopic (exact) mass is 375 g/mol. The quantitative estimate of drug-likeness (QED) is 0.815. The van der Waals surface area contributed by atoms with Crippen LogP contribution in [0.5, 0.6) is 0 Å². The predicted octanol–water partition coefficient (Wildman–Crippen LogP) is 2.94. The third-order valence-corrected chi connectivity index (χ3v) is 6.62. The van der Waals surface area contributed by atoms with Gasteiger partial charge in [0.2, 0.25) is 11.8 Å². The largest absolute Gasteiger partial charge is 0.369 e. The average Bonchev–Trinajstić information content (AvgIpc) is 3.05. The van der Waals surface area contributed by atoms with Gasteiger partial charge in [0.05, 0.1) is 17.4 Å². The maximum absolute atomic E-state index is 13.0. The highest BCUT2D eigenvalue weighted by molar-refractivity contribution is 8.02. The number of hydrogen-bond donors (Lipinski definition) is 1. The number of aryl methyl sites for hydroxylation is 1. The van der Waals surface area contributed by atoms with E-state index >= 15 is 0 Å². The highest BCUT2D eigenvalue weighted by Crippen LogP contribution is 2.36. The van der Waals surface area contributed by atoms with Crippen molar-refractivity contribution in [1.82, 2.24) is 4.98 Å². The fraction of sp³-hybridized carbons (Fsp3) is 0.389. The lowest BCUT2D eigenvalue weighted by molar-refractivity contribution is -0.118. The van der Waals surface area contributed by atoms with E-state index in [1.807, 2.05) is 36.9 Å². The van der Waals surface area contributed by atoms with Gasteiger partial charge in [-0.1, -0.05) is 30.0 Å². The standard InChI is InChI=1S/C18H21N3O2S2/c1-10-8-13-6-4-5-7-14(13)21(10)17(23)12(3)24-18-20-11(2)15(25-18)9-16(19)22/h4-7,10,12H,8-9H2,1-3H3,(H2,19,22)/t10-,12-/m0/s1. The Bertz CT molecular complexity index is 818. The molecular weight excluding hydrogens is 354 g/mol. The van der Waals surface area contributed by atoms with Crippen molar-refractivity contribution in [2.75, 3.05) is 4.90 Å². The van der Waals surface area contributed by atoms with Crippen LogP contribution in [0.25, 0.3) is 0 Å². The van der Waals surface area contributed by atoms with Gasteiger partial charge in [-0.3, -0.25) is 9.59 Å². The van der Waals surface area contributed by atoms with Crippen molar-refractivity contribution in [2.24, 2.45) is 5.73 Å². The topological polar surface area (TPSA) is 76.3 Å². The van der Waals surface area contributed by atoms with Crippen LogP contribution in [0.4, 0.5) is 5.69 Å². The van der Waals surface area contributed by atoms with E-state index < -0.39 is 0 Å². The van der Waals surface area contributed by atoms with Crippen LogP contribution < -0.4 is 10.6 Å². The summed E-state index contributed by atoms with van der Waals surface area (Å²) in [7, 11) is 0. The molecular formula is C18H21N3O2S2. The molecule has 0 fully saturated rings. The van der Waals surface area contributed by atoms with Crippen molar-refractivity contribution in [3.63, 3.8) is 0 Å². The summed E-state index contributed by atoms with van der Waals surface area (Å²) in [5, 5.41) is -0.249. The molecule has 0 saturated carbocycles. The number of benzene rings is 1. The Kier molecular flexibility index (Phi) is 5.15. The lowest BCUT2D eigenvalue weighted by atomic mass is 10.1. The summed E-state index contributed by atoms with van der Waals surface area (Å²) >= 11 is 2.88. The van der Waals surface area contributed by atoms with Gasteiger partial charge < -0.3 is 10.6 Å². The van der Waals surface area contributed by atoms with Gasteiger partial charge in [-0.25, -0.2) is 4.98 Å². The summed E-state index contributed by atoms with van der Waals surface area (Å²) in [6.45, 7) is 5.85. The molecule has 1 aromatic heterocycles. The average molecular weight is 376 g/mol. The number of rotatable bonds is 5. The number of anilines is 1. The minimum absolute atomic E-state index is 0.0896. The van der Waals surface area contributed by atoms with Gasteiger partial charge in [0, 0.05) is 16.6 Å². The molecule has 2 atom stereocenters. The van der Waals surface area contributed by atoms with E-state index in [4.69, 9.17) is 5.73 Å². The molecule has 0 saturated heterocycles. The van der Waals surface area contributed by atoms with Crippen LogP contribution in [-0.4, -0.2) is 28.1 Å². The third kappa shape index (κ3) is 3.72. The number of thiazole rings is 1. The zero-order valence-electron chi connectivity index (χ0n) is 14.5. The lowest BCUT2D eigenvalue weighted by Gasteiger charge is -2.25. The molecule has 0 unspecified atom stereocenters. The molecule has 2 heterocycles. The Morgan fingerprint density at radius 2 is 2.16 bits per heavy atom. The zero-order valence-corrected chi connectivity index (χ0v) is 16.1. The summed E-state index contributed by atoms with van der Waals surface area (Å²) in [6.07, 6.45) is 1.08. The Balaban J connectivity index is 1.74. The molecule has 1 aliphatic heterocycles. The fourth-order valence-corrected chi connectivity index (χ4v) is 5.51.